The Kier molecular flexibility index (Phi) is 10.1. The van der Waals surface area contributed by atoms with Crippen molar-refractivity contribution in [2.45, 2.75) is 57.2 Å². The van der Waals surface area contributed by atoms with Gasteiger partial charge in [-0.1, -0.05) is 6.07 Å². The average molecular weight is 610 g/mol. The van der Waals surface area contributed by atoms with Gasteiger partial charge in [0.2, 0.25) is 0 Å². The first-order valence-corrected chi connectivity index (χ1v) is 15.4. The number of aromatic nitrogens is 4. The number of morpholine rings is 1. The number of pyridine rings is 2. The predicted octanol–water partition coefficient (Wildman–Crippen LogP) is 4.28. The molecule has 0 spiro atoms. The number of alkyl halides is 3. The van der Waals surface area contributed by atoms with Gasteiger partial charge < -0.3 is 4.74 Å². The van der Waals surface area contributed by atoms with Crippen molar-refractivity contribution in [1.29, 1.82) is 0 Å². The normalized spacial score (nSPS) is 20.0. The summed E-state index contributed by atoms with van der Waals surface area (Å²) in [6, 6.07) is 6.83. The van der Waals surface area contributed by atoms with Gasteiger partial charge in [0, 0.05) is 49.6 Å². The summed E-state index contributed by atoms with van der Waals surface area (Å²) >= 11 is 0. The van der Waals surface area contributed by atoms with Crippen LogP contribution in [0.15, 0.2) is 42.9 Å². The summed E-state index contributed by atoms with van der Waals surface area (Å²) in [6.07, 6.45) is 4.97. The van der Waals surface area contributed by atoms with Crippen LogP contribution in [0.4, 0.5) is 13.2 Å². The number of halogens is 3. The van der Waals surface area contributed by atoms with E-state index >= 15 is 0 Å². The van der Waals surface area contributed by atoms with E-state index in [1.807, 2.05) is 12.1 Å². The molecule has 42 heavy (non-hydrogen) atoms. The molecule has 0 bridgehead atoms. The van der Waals surface area contributed by atoms with E-state index < -0.39 is 21.9 Å². The third-order valence-electron chi connectivity index (χ3n) is 7.49. The van der Waals surface area contributed by atoms with Crippen molar-refractivity contribution in [2.24, 2.45) is 0 Å². The molecule has 14 heteroatoms. The molecule has 1 saturated carbocycles. The van der Waals surface area contributed by atoms with Crippen molar-refractivity contribution in [3.05, 3.63) is 70.9 Å². The second-order valence-corrected chi connectivity index (χ2v) is 12.0. The summed E-state index contributed by atoms with van der Waals surface area (Å²) in [4.78, 5) is 24.1. The zero-order valence-corrected chi connectivity index (χ0v) is 24.2. The van der Waals surface area contributed by atoms with Crippen molar-refractivity contribution in [1.82, 2.24) is 24.6 Å². The van der Waals surface area contributed by atoms with Gasteiger partial charge in [-0.3, -0.25) is 19.2 Å². The van der Waals surface area contributed by atoms with E-state index in [2.05, 4.69) is 20.0 Å². The zero-order valence-electron chi connectivity index (χ0n) is 23.4. The van der Waals surface area contributed by atoms with E-state index in [1.54, 1.807) is 13.1 Å². The maximum atomic E-state index is 13.0. The molecule has 2 fully saturated rings. The first kappa shape index (κ1) is 31.7. The van der Waals surface area contributed by atoms with Crippen LogP contribution in [0.5, 0.6) is 0 Å². The molecule has 1 N–H and O–H groups in total. The molecule has 0 unspecified atom stereocenters. The minimum atomic E-state index is -4.46. The number of rotatable bonds is 6. The van der Waals surface area contributed by atoms with Gasteiger partial charge in [0.05, 0.1) is 42.5 Å². The Bertz CT molecular complexity index is 1440. The first-order valence-electron chi connectivity index (χ1n) is 13.6. The summed E-state index contributed by atoms with van der Waals surface area (Å²) in [5, 5.41) is 4.18. The molecule has 10 nitrogen and oxygen atoms in total. The van der Waals surface area contributed by atoms with Crippen LogP contribution in [0.1, 0.15) is 64.5 Å². The smallest absolute Gasteiger partial charge is 0.379 e. The van der Waals surface area contributed by atoms with E-state index in [1.165, 1.54) is 29.8 Å². The maximum Gasteiger partial charge on any atom is 0.417 e. The average Bonchev–Trinajstić information content (AvgIpc) is 3.34. The van der Waals surface area contributed by atoms with Crippen LogP contribution < -0.4 is 0 Å². The summed E-state index contributed by atoms with van der Waals surface area (Å²) in [5.74, 6) is 0.536. The summed E-state index contributed by atoms with van der Waals surface area (Å²) in [6.45, 7) is 5.40. The number of carbonyl (C=O) groups excluding carboxylic acids is 1. The Hall–Kier alpha value is -3.20. The minimum absolute atomic E-state index is 0.128. The van der Waals surface area contributed by atoms with E-state index in [-0.39, 0.29) is 18.0 Å². The van der Waals surface area contributed by atoms with Crippen LogP contribution in [0.2, 0.25) is 0 Å². The monoisotopic (exact) mass is 609 g/mol. The second kappa shape index (κ2) is 13.4. The van der Waals surface area contributed by atoms with Gasteiger partial charge in [0.25, 0.3) is 10.1 Å². The lowest BCUT2D eigenvalue weighted by molar-refractivity contribution is -0.137. The summed E-state index contributed by atoms with van der Waals surface area (Å²) in [7, 11) is -3.67. The van der Waals surface area contributed by atoms with Gasteiger partial charge >= 0.3 is 6.18 Å². The SMILES string of the molecule is CS(=O)(=O)O.Cc1c(C(=O)Cc2ccc(C3CCC(N4CCOCC4)CC3)nc2)cnn1-c1ccc(C(F)(F)F)cn1. The van der Waals surface area contributed by atoms with E-state index in [9.17, 15) is 26.4 Å². The Morgan fingerprint density at radius 3 is 2.24 bits per heavy atom. The molecular formula is C28H34F3N5O5S. The maximum absolute atomic E-state index is 13.0. The molecule has 0 aromatic carbocycles. The molecule has 0 radical (unpaired) electrons. The number of carbonyl (C=O) groups is 1. The van der Waals surface area contributed by atoms with Crippen molar-refractivity contribution in [2.75, 3.05) is 32.6 Å². The highest BCUT2D eigenvalue weighted by atomic mass is 32.2. The van der Waals surface area contributed by atoms with Crippen LogP contribution in [0, 0.1) is 6.92 Å². The topological polar surface area (TPSA) is 128 Å². The number of ketones is 1. The molecular weight excluding hydrogens is 575 g/mol. The molecule has 1 aliphatic heterocycles. The lowest BCUT2D eigenvalue weighted by Crippen LogP contribution is -2.44. The Morgan fingerprint density at radius 2 is 1.69 bits per heavy atom. The largest absolute Gasteiger partial charge is 0.417 e. The number of ether oxygens (including phenoxy) is 1. The third-order valence-corrected chi connectivity index (χ3v) is 7.49. The van der Waals surface area contributed by atoms with Gasteiger partial charge in [0.1, 0.15) is 0 Å². The van der Waals surface area contributed by atoms with Crippen molar-refractivity contribution >= 4 is 15.9 Å². The van der Waals surface area contributed by atoms with Crippen molar-refractivity contribution in [3.8, 4) is 5.82 Å². The standard InChI is InChI=1S/C27H30F3N5O2.CH4O3S/c1-18-23(17-33-35(18)26-9-5-21(16-32-26)27(28,29)30)25(36)14-19-2-8-24(31-15-19)20-3-6-22(7-4-20)34-10-12-37-13-11-34;1-5(2,3)4/h2,5,8-9,15-17,20,22H,3-4,6-7,10-14H2,1H3;1H3,(H,2,3,4). The highest BCUT2D eigenvalue weighted by Crippen LogP contribution is 2.34. The second-order valence-electron chi connectivity index (χ2n) is 10.5. The minimum Gasteiger partial charge on any atom is -0.379 e. The molecule has 0 amide bonds. The molecule has 228 valence electrons. The molecule has 4 heterocycles. The number of hydrogen-bond acceptors (Lipinski definition) is 8. The fourth-order valence-electron chi connectivity index (χ4n) is 5.34. The Balaban J connectivity index is 0.000000748. The quantitative estimate of drug-likeness (QED) is 0.322. The van der Waals surface area contributed by atoms with Crippen LogP contribution >= 0.6 is 0 Å². The number of hydrogen-bond donors (Lipinski definition) is 1. The lowest BCUT2D eigenvalue weighted by Gasteiger charge is -2.38. The third kappa shape index (κ3) is 8.66. The van der Waals surface area contributed by atoms with E-state index in [0.717, 1.165) is 62.7 Å². The highest BCUT2D eigenvalue weighted by molar-refractivity contribution is 7.85. The molecule has 1 aliphatic carbocycles. The number of nitrogens with zero attached hydrogens (tertiary/aromatic N) is 5. The lowest BCUT2D eigenvalue weighted by atomic mass is 9.83. The van der Waals surface area contributed by atoms with Gasteiger partial charge in [0.15, 0.2) is 11.6 Å². The highest BCUT2D eigenvalue weighted by Gasteiger charge is 2.31. The van der Waals surface area contributed by atoms with Gasteiger partial charge in [-0.2, -0.15) is 26.7 Å². The summed E-state index contributed by atoms with van der Waals surface area (Å²) < 4.78 is 71.2. The Morgan fingerprint density at radius 1 is 1.02 bits per heavy atom. The molecule has 5 rings (SSSR count). The van der Waals surface area contributed by atoms with Crippen LogP contribution in [0.3, 0.4) is 0 Å². The molecule has 0 atom stereocenters. The van der Waals surface area contributed by atoms with Gasteiger partial charge in [-0.05, 0) is 56.4 Å². The first-order chi connectivity index (χ1) is 19.8. The van der Waals surface area contributed by atoms with Crippen molar-refractivity contribution in [3.63, 3.8) is 0 Å². The van der Waals surface area contributed by atoms with E-state index in [0.29, 0.717) is 29.5 Å². The van der Waals surface area contributed by atoms with E-state index in [4.69, 9.17) is 9.29 Å². The van der Waals surface area contributed by atoms with Crippen LogP contribution in [-0.4, -0.2) is 82.0 Å². The van der Waals surface area contributed by atoms with Crippen LogP contribution in [0.25, 0.3) is 5.82 Å². The predicted molar refractivity (Wildman–Crippen MR) is 148 cm³/mol. The Labute approximate surface area is 242 Å². The molecule has 3 aromatic rings. The molecule has 2 aliphatic rings. The zero-order chi connectivity index (χ0) is 30.5. The van der Waals surface area contributed by atoms with Crippen LogP contribution in [-0.2, 0) is 27.5 Å². The molecule has 1 saturated heterocycles. The van der Waals surface area contributed by atoms with Gasteiger partial charge in [-0.25, -0.2) is 9.67 Å². The fourth-order valence-corrected chi connectivity index (χ4v) is 5.34. The van der Waals surface area contributed by atoms with Gasteiger partial charge in [-0.15, -0.1) is 0 Å². The van der Waals surface area contributed by atoms with Crippen molar-refractivity contribution < 1.29 is 35.7 Å². The summed E-state index contributed by atoms with van der Waals surface area (Å²) in [5.41, 5.74) is 1.99. The number of Topliss-reactive ketones (excluding diaryl/α,β-unsaturated/α-hetero) is 1. The fraction of sp³-hybridized carbons (Fsp3) is 0.500. The molecule has 3 aromatic heterocycles.